The Labute approximate surface area is 219 Å². The zero-order valence-electron chi connectivity index (χ0n) is 21.8. The maximum atomic E-state index is 12.5. The first-order valence-corrected chi connectivity index (χ1v) is 11.9. The van der Waals surface area contributed by atoms with Crippen LogP contribution in [0.2, 0.25) is 0 Å². The summed E-state index contributed by atoms with van der Waals surface area (Å²) in [6, 6.07) is 14.9. The zero-order valence-corrected chi connectivity index (χ0v) is 21.8. The predicted molar refractivity (Wildman–Crippen MR) is 144 cm³/mol. The third-order valence-corrected chi connectivity index (χ3v) is 5.76. The molecule has 38 heavy (non-hydrogen) atoms. The first-order chi connectivity index (χ1) is 18.1. The molecule has 0 saturated carbocycles. The van der Waals surface area contributed by atoms with E-state index in [9.17, 15) is 14.9 Å². The number of rotatable bonds is 6. The average Bonchev–Trinajstić information content (AvgIpc) is 3.25. The second-order valence-corrected chi connectivity index (χ2v) is 9.58. The van der Waals surface area contributed by atoms with Crippen molar-refractivity contribution in [1.82, 2.24) is 25.3 Å². The number of alkyl carbamates (subject to hydrolysis) is 1. The number of allylic oxidation sites excluding steroid dienone is 1. The summed E-state index contributed by atoms with van der Waals surface area (Å²) in [5.74, 6) is 0.698. The van der Waals surface area contributed by atoms with Gasteiger partial charge in [0.05, 0.1) is 48.3 Å². The number of hydrogen-bond acceptors (Lipinski definition) is 7. The lowest BCUT2D eigenvalue weighted by Crippen LogP contribution is -2.32. The van der Waals surface area contributed by atoms with Crippen LogP contribution in [-0.2, 0) is 18.3 Å². The van der Waals surface area contributed by atoms with E-state index in [1.54, 1.807) is 70.1 Å². The van der Waals surface area contributed by atoms with Crippen molar-refractivity contribution in [3.8, 4) is 22.9 Å². The van der Waals surface area contributed by atoms with Crippen LogP contribution in [0.1, 0.15) is 37.7 Å². The van der Waals surface area contributed by atoms with Gasteiger partial charge in [-0.15, -0.1) is 0 Å². The molecule has 2 N–H and O–H groups in total. The summed E-state index contributed by atoms with van der Waals surface area (Å²) >= 11 is 0. The van der Waals surface area contributed by atoms with E-state index >= 15 is 0 Å². The van der Waals surface area contributed by atoms with Gasteiger partial charge in [-0.25, -0.2) is 9.89 Å². The predicted octanol–water partition coefficient (Wildman–Crippen LogP) is 4.42. The molecule has 1 amide bonds. The average molecular weight is 513 g/mol. The van der Waals surface area contributed by atoms with Crippen LogP contribution in [0.3, 0.4) is 0 Å². The lowest BCUT2D eigenvalue weighted by molar-refractivity contribution is 0.0523. The van der Waals surface area contributed by atoms with E-state index in [2.05, 4.69) is 26.7 Å². The summed E-state index contributed by atoms with van der Waals surface area (Å²) in [5, 5.41) is 24.6. The molecule has 2 aromatic carbocycles. The maximum Gasteiger partial charge on any atom is 0.407 e. The van der Waals surface area contributed by atoms with Crippen molar-refractivity contribution in [2.75, 3.05) is 7.11 Å². The highest BCUT2D eigenvalue weighted by Gasteiger charge is 2.18. The summed E-state index contributed by atoms with van der Waals surface area (Å²) in [4.78, 5) is 24.6. The number of carbonyl (C=O) groups is 1. The normalized spacial score (nSPS) is 11.7. The smallest absolute Gasteiger partial charge is 0.407 e. The van der Waals surface area contributed by atoms with Crippen molar-refractivity contribution in [3.63, 3.8) is 0 Å². The Morgan fingerprint density at radius 2 is 1.92 bits per heavy atom. The molecule has 10 nitrogen and oxygen atoms in total. The number of carbonyl (C=O) groups excluding carboxylic acids is 1. The fourth-order valence-electron chi connectivity index (χ4n) is 3.92. The van der Waals surface area contributed by atoms with Gasteiger partial charge >= 0.3 is 6.09 Å². The summed E-state index contributed by atoms with van der Waals surface area (Å²) in [6.45, 7) is 5.39. The number of nitrogens with zero attached hydrogens (tertiary/aromatic N) is 4. The van der Waals surface area contributed by atoms with Gasteiger partial charge in [0.1, 0.15) is 11.4 Å². The first-order valence-electron chi connectivity index (χ1n) is 11.9. The molecule has 0 spiro atoms. The number of aryl methyl sites for hydroxylation is 1. The lowest BCUT2D eigenvalue weighted by Gasteiger charge is -2.19. The number of aromatic amines is 1. The standard InChI is InChI=1S/C28H28N6O4/c1-28(2,3)38-27(36)30-16-24-22-12-18(8-11-21(22)26(35)33-32-24)23-15-31-34(4)25(23)13-19(14-29)17-6-9-20(37-5)10-7-17/h6-13,15H,16H2,1-5H3,(H,30,36)(H,33,35)/b19-13+. The van der Waals surface area contributed by atoms with E-state index < -0.39 is 11.7 Å². The fourth-order valence-corrected chi connectivity index (χ4v) is 3.92. The molecule has 10 heteroatoms. The number of amides is 1. The number of fused-ring (bicyclic) bond motifs is 1. The molecule has 194 valence electrons. The Morgan fingerprint density at radius 1 is 1.18 bits per heavy atom. The molecule has 0 fully saturated rings. The quantitative estimate of drug-likeness (QED) is 0.365. The largest absolute Gasteiger partial charge is 0.497 e. The summed E-state index contributed by atoms with van der Waals surface area (Å²) in [6.07, 6.45) is 2.89. The molecule has 0 bridgehead atoms. The van der Waals surface area contributed by atoms with E-state index in [1.807, 2.05) is 24.3 Å². The van der Waals surface area contributed by atoms with Crippen LogP contribution in [0, 0.1) is 11.3 Å². The highest BCUT2D eigenvalue weighted by atomic mass is 16.6. The molecule has 0 unspecified atom stereocenters. The fraction of sp³-hybridized carbons (Fsp3) is 0.250. The number of nitrogens with one attached hydrogen (secondary N) is 2. The SMILES string of the molecule is COc1ccc(/C(C#N)=C/c2c(-c3ccc4c(=O)[nH]nc(CNC(=O)OC(C)(C)C)c4c3)cnn2C)cc1. The van der Waals surface area contributed by atoms with E-state index in [0.29, 0.717) is 33.5 Å². The second-order valence-electron chi connectivity index (χ2n) is 9.58. The monoisotopic (exact) mass is 512 g/mol. The third kappa shape index (κ3) is 5.73. The third-order valence-electron chi connectivity index (χ3n) is 5.76. The topological polar surface area (TPSA) is 135 Å². The Balaban J connectivity index is 1.73. The number of hydrogen-bond donors (Lipinski definition) is 2. The second kappa shape index (κ2) is 10.6. The maximum absolute atomic E-state index is 12.5. The van der Waals surface area contributed by atoms with Crippen LogP contribution in [0.25, 0.3) is 33.5 Å². The molecule has 0 aliphatic heterocycles. The molecule has 0 radical (unpaired) electrons. The van der Waals surface area contributed by atoms with Gasteiger partial charge in [0.25, 0.3) is 5.56 Å². The molecule has 0 atom stereocenters. The Morgan fingerprint density at radius 3 is 2.58 bits per heavy atom. The van der Waals surface area contributed by atoms with Gasteiger partial charge in [-0.2, -0.15) is 15.5 Å². The summed E-state index contributed by atoms with van der Waals surface area (Å²) < 4.78 is 12.2. The Hall–Kier alpha value is -4.91. The van der Waals surface area contributed by atoms with Gasteiger partial charge in [0.2, 0.25) is 0 Å². The van der Waals surface area contributed by atoms with Crippen LogP contribution < -0.4 is 15.6 Å². The zero-order chi connectivity index (χ0) is 27.4. The molecule has 2 heterocycles. The van der Waals surface area contributed by atoms with Crippen molar-refractivity contribution in [3.05, 3.63) is 76.0 Å². The number of aromatic nitrogens is 4. The number of H-pyrrole nitrogens is 1. The molecular formula is C28H28N6O4. The minimum Gasteiger partial charge on any atom is -0.497 e. The van der Waals surface area contributed by atoms with Crippen molar-refractivity contribution < 1.29 is 14.3 Å². The Bertz CT molecular complexity index is 1620. The lowest BCUT2D eigenvalue weighted by atomic mass is 9.99. The first kappa shape index (κ1) is 26.2. The van der Waals surface area contributed by atoms with Gasteiger partial charge in [0, 0.05) is 18.0 Å². The van der Waals surface area contributed by atoms with E-state index in [0.717, 1.165) is 16.7 Å². The van der Waals surface area contributed by atoms with E-state index in [4.69, 9.17) is 9.47 Å². The molecule has 0 aliphatic carbocycles. The molecule has 0 aliphatic rings. The van der Waals surface area contributed by atoms with Crippen LogP contribution >= 0.6 is 0 Å². The van der Waals surface area contributed by atoms with Crippen LogP contribution in [0.15, 0.2) is 53.5 Å². The van der Waals surface area contributed by atoms with Crippen LogP contribution in [0.5, 0.6) is 5.75 Å². The number of ether oxygens (including phenoxy) is 2. The van der Waals surface area contributed by atoms with Crippen LogP contribution in [0.4, 0.5) is 4.79 Å². The molecule has 4 rings (SSSR count). The highest BCUT2D eigenvalue weighted by Crippen LogP contribution is 2.30. The molecule has 0 saturated heterocycles. The summed E-state index contributed by atoms with van der Waals surface area (Å²) in [5.41, 5.74) is 2.94. The van der Waals surface area contributed by atoms with Crippen LogP contribution in [-0.4, -0.2) is 38.8 Å². The highest BCUT2D eigenvalue weighted by molar-refractivity contribution is 5.94. The van der Waals surface area contributed by atoms with Gasteiger partial charge in [-0.3, -0.25) is 9.48 Å². The molecule has 4 aromatic rings. The number of benzene rings is 2. The van der Waals surface area contributed by atoms with Crippen molar-refractivity contribution in [1.29, 1.82) is 5.26 Å². The van der Waals surface area contributed by atoms with Gasteiger partial charge < -0.3 is 14.8 Å². The van der Waals surface area contributed by atoms with Crippen molar-refractivity contribution >= 4 is 28.5 Å². The van der Waals surface area contributed by atoms with Gasteiger partial charge in [0.15, 0.2) is 0 Å². The number of methoxy groups -OCH3 is 1. The summed E-state index contributed by atoms with van der Waals surface area (Å²) in [7, 11) is 3.38. The van der Waals surface area contributed by atoms with Gasteiger partial charge in [-0.1, -0.05) is 6.07 Å². The minimum atomic E-state index is -0.643. The minimum absolute atomic E-state index is 0.0570. The van der Waals surface area contributed by atoms with Crippen molar-refractivity contribution in [2.24, 2.45) is 7.05 Å². The molecular weight excluding hydrogens is 484 g/mol. The van der Waals surface area contributed by atoms with Crippen molar-refractivity contribution in [2.45, 2.75) is 32.9 Å². The molecule has 2 aromatic heterocycles. The van der Waals surface area contributed by atoms with Gasteiger partial charge in [-0.05, 0) is 74.4 Å². The van der Waals surface area contributed by atoms with E-state index in [1.165, 1.54) is 0 Å². The Kier molecular flexibility index (Phi) is 7.30. The number of nitriles is 1. The van der Waals surface area contributed by atoms with E-state index in [-0.39, 0.29) is 12.1 Å².